The normalized spacial score (nSPS) is 18.8. The fourth-order valence-electron chi connectivity index (χ4n) is 12.4. The molecule has 0 saturated carbocycles. The second-order valence-electron chi connectivity index (χ2n) is 27.0. The number of hydrogen-bond acceptors (Lipinski definition) is 10. The molecule has 11 heteroatoms. The standard InChI is InChI=1S/C78H147NO10/c1-3-5-7-9-11-13-15-17-19-21-23-25-27-29-31-33-35-36-38-40-42-44-46-48-50-52-54-56-58-60-62-64-66-71(82)77(87)79-69(68-88-78-76(86)75(85)74(84)72(67-80)89-78)73(83)70(81)65-63-61-59-57-55-53-51-49-47-45-43-41-39-37-34-32-30-28-26-24-22-20-18-16-14-12-10-8-6-4-2/h29,31,41,43,49,51,57,59,69-76,78,80-86H,3-28,30,32-40,42,44-48,50,52-56,58,60-68H2,1-2H3,(H,79,87)/b31-29-,43-41+,51-49+,59-57+. The van der Waals surface area contributed by atoms with Gasteiger partial charge in [-0.2, -0.15) is 0 Å². The van der Waals surface area contributed by atoms with Crippen molar-refractivity contribution in [1.82, 2.24) is 5.32 Å². The maximum Gasteiger partial charge on any atom is 0.249 e. The number of carbonyl (C=O) groups excluding carboxylic acids is 1. The second kappa shape index (κ2) is 66.1. The molecular formula is C78H147NO10. The lowest BCUT2D eigenvalue weighted by molar-refractivity contribution is -0.303. The summed E-state index contributed by atoms with van der Waals surface area (Å²) in [5.41, 5.74) is 0. The molecule has 0 aliphatic carbocycles. The predicted octanol–water partition coefficient (Wildman–Crippen LogP) is 19.5. The summed E-state index contributed by atoms with van der Waals surface area (Å²) in [7, 11) is 0. The first-order valence-corrected chi connectivity index (χ1v) is 38.5. The Kier molecular flexibility index (Phi) is 63.2. The number of allylic oxidation sites excluding steroid dienone is 8. The highest BCUT2D eigenvalue weighted by Crippen LogP contribution is 2.24. The minimum Gasteiger partial charge on any atom is -0.394 e. The van der Waals surface area contributed by atoms with Gasteiger partial charge in [0, 0.05) is 0 Å². The number of aliphatic hydroxyl groups is 7. The SMILES string of the molecule is CCCCCCCCCCCCCC/C=C\CCCCCCCCCCCCCCCCCCC(O)C(=O)NC(COC1OC(CO)C(O)C(O)C1O)C(O)C(O)CCC/C=C/CC/C=C/CC/C=C/CCCCCCCCCCCCCCCCCCC. The molecular weight excluding hydrogens is 1110 g/mol. The molecule has 0 radical (unpaired) electrons. The molecule has 0 spiro atoms. The van der Waals surface area contributed by atoms with Crippen LogP contribution in [0.3, 0.4) is 0 Å². The Balaban J connectivity index is 2.19. The minimum absolute atomic E-state index is 0.242. The van der Waals surface area contributed by atoms with Gasteiger partial charge in [-0.05, 0) is 89.9 Å². The van der Waals surface area contributed by atoms with E-state index in [9.17, 15) is 40.5 Å². The summed E-state index contributed by atoms with van der Waals surface area (Å²) in [5.74, 6) is -0.707. The van der Waals surface area contributed by atoms with Crippen molar-refractivity contribution < 1.29 is 50.0 Å². The third kappa shape index (κ3) is 53.1. The number of rotatable bonds is 68. The van der Waals surface area contributed by atoms with E-state index in [1.54, 1.807) is 0 Å². The van der Waals surface area contributed by atoms with E-state index >= 15 is 0 Å². The van der Waals surface area contributed by atoms with Crippen LogP contribution in [0.15, 0.2) is 48.6 Å². The number of hydrogen-bond donors (Lipinski definition) is 8. The van der Waals surface area contributed by atoms with E-state index in [4.69, 9.17) is 9.47 Å². The molecule has 1 rings (SSSR count). The molecule has 524 valence electrons. The monoisotopic (exact) mass is 1260 g/mol. The molecule has 0 aromatic rings. The summed E-state index contributed by atoms with van der Waals surface area (Å²) in [5, 5.41) is 76.6. The van der Waals surface area contributed by atoms with Gasteiger partial charge in [0.05, 0.1) is 25.4 Å². The summed E-state index contributed by atoms with van der Waals surface area (Å²) in [4.78, 5) is 13.3. The Morgan fingerprint density at radius 3 is 1.00 bits per heavy atom. The summed E-state index contributed by atoms with van der Waals surface area (Å²) in [6.45, 7) is 3.50. The highest BCUT2D eigenvalue weighted by Gasteiger charge is 2.44. The fraction of sp³-hybridized carbons (Fsp3) is 0.885. The van der Waals surface area contributed by atoms with Crippen LogP contribution in [0.25, 0.3) is 0 Å². The summed E-state index contributed by atoms with van der Waals surface area (Å²) >= 11 is 0. The Morgan fingerprint density at radius 2 is 0.674 bits per heavy atom. The first kappa shape index (κ1) is 85.1. The van der Waals surface area contributed by atoms with Crippen molar-refractivity contribution in [3.05, 3.63) is 48.6 Å². The van der Waals surface area contributed by atoms with E-state index < -0.39 is 74.2 Å². The van der Waals surface area contributed by atoms with E-state index in [2.05, 4.69) is 67.8 Å². The second-order valence-corrected chi connectivity index (χ2v) is 27.0. The topological polar surface area (TPSA) is 189 Å². The summed E-state index contributed by atoms with van der Waals surface area (Å²) in [6.07, 6.45) is 76.5. The highest BCUT2D eigenvalue weighted by molar-refractivity contribution is 5.80. The van der Waals surface area contributed by atoms with Crippen LogP contribution in [0.5, 0.6) is 0 Å². The molecule has 89 heavy (non-hydrogen) atoms. The molecule has 9 unspecified atom stereocenters. The minimum atomic E-state index is -1.68. The molecule has 1 aliphatic rings. The van der Waals surface area contributed by atoms with Gasteiger partial charge in [-0.25, -0.2) is 0 Å². The fourth-order valence-corrected chi connectivity index (χ4v) is 12.4. The molecule has 0 aromatic carbocycles. The van der Waals surface area contributed by atoms with Gasteiger partial charge in [-0.15, -0.1) is 0 Å². The van der Waals surface area contributed by atoms with Gasteiger partial charge in [-0.3, -0.25) is 4.79 Å². The van der Waals surface area contributed by atoms with Crippen molar-refractivity contribution in [2.45, 2.75) is 428 Å². The van der Waals surface area contributed by atoms with Crippen molar-refractivity contribution in [1.29, 1.82) is 0 Å². The zero-order valence-corrected chi connectivity index (χ0v) is 58.2. The van der Waals surface area contributed by atoms with Crippen LogP contribution in [-0.2, 0) is 14.3 Å². The zero-order chi connectivity index (χ0) is 64.6. The summed E-state index contributed by atoms with van der Waals surface area (Å²) < 4.78 is 11.2. The number of carbonyl (C=O) groups is 1. The number of ether oxygens (including phenoxy) is 2. The van der Waals surface area contributed by atoms with E-state index in [0.717, 1.165) is 44.9 Å². The number of nitrogens with one attached hydrogen (secondary N) is 1. The predicted molar refractivity (Wildman–Crippen MR) is 376 cm³/mol. The van der Waals surface area contributed by atoms with Crippen LogP contribution < -0.4 is 5.32 Å². The van der Waals surface area contributed by atoms with Gasteiger partial charge in [-0.1, -0.05) is 332 Å². The van der Waals surface area contributed by atoms with Crippen molar-refractivity contribution in [3.8, 4) is 0 Å². The van der Waals surface area contributed by atoms with Gasteiger partial charge in [0.25, 0.3) is 0 Å². The van der Waals surface area contributed by atoms with Gasteiger partial charge in [0.1, 0.15) is 36.6 Å². The molecule has 1 saturated heterocycles. The average molecular weight is 1260 g/mol. The third-order valence-electron chi connectivity index (χ3n) is 18.6. The maximum atomic E-state index is 13.3. The molecule has 1 heterocycles. The highest BCUT2D eigenvalue weighted by atomic mass is 16.7. The van der Waals surface area contributed by atoms with E-state index in [1.165, 1.54) is 283 Å². The van der Waals surface area contributed by atoms with Crippen LogP contribution in [-0.4, -0.2) is 110 Å². The lowest BCUT2D eigenvalue weighted by Crippen LogP contribution is -2.60. The molecule has 1 amide bonds. The van der Waals surface area contributed by atoms with Gasteiger partial charge >= 0.3 is 0 Å². The first-order valence-electron chi connectivity index (χ1n) is 38.5. The maximum absolute atomic E-state index is 13.3. The van der Waals surface area contributed by atoms with E-state index in [1.807, 2.05) is 0 Å². The number of aliphatic hydroxyl groups excluding tert-OH is 7. The van der Waals surface area contributed by atoms with Crippen LogP contribution in [0, 0.1) is 0 Å². The Morgan fingerprint density at radius 1 is 0.382 bits per heavy atom. The van der Waals surface area contributed by atoms with Crippen LogP contribution in [0.1, 0.15) is 373 Å². The molecule has 0 aromatic heterocycles. The smallest absolute Gasteiger partial charge is 0.249 e. The first-order chi connectivity index (χ1) is 43.7. The van der Waals surface area contributed by atoms with E-state index in [-0.39, 0.29) is 12.8 Å². The molecule has 9 atom stereocenters. The van der Waals surface area contributed by atoms with Crippen LogP contribution in [0.2, 0.25) is 0 Å². The van der Waals surface area contributed by atoms with Crippen molar-refractivity contribution in [3.63, 3.8) is 0 Å². The lowest BCUT2D eigenvalue weighted by Gasteiger charge is -2.40. The third-order valence-corrected chi connectivity index (χ3v) is 18.6. The van der Waals surface area contributed by atoms with Gasteiger partial charge in [0.15, 0.2) is 6.29 Å². The quantitative estimate of drug-likeness (QED) is 0.0215. The molecule has 1 aliphatic heterocycles. The van der Waals surface area contributed by atoms with Gasteiger partial charge in [0.2, 0.25) is 5.91 Å². The Hall–Kier alpha value is -1.93. The van der Waals surface area contributed by atoms with Crippen molar-refractivity contribution in [2.75, 3.05) is 13.2 Å². The van der Waals surface area contributed by atoms with Gasteiger partial charge < -0.3 is 50.5 Å². The number of unbranched alkanes of at least 4 members (excludes halogenated alkanes) is 48. The Labute approximate surface area is 549 Å². The summed E-state index contributed by atoms with van der Waals surface area (Å²) in [6, 6.07) is -1.20. The molecule has 11 nitrogen and oxygen atoms in total. The molecule has 1 fully saturated rings. The van der Waals surface area contributed by atoms with Crippen molar-refractivity contribution >= 4 is 5.91 Å². The van der Waals surface area contributed by atoms with Crippen LogP contribution >= 0.6 is 0 Å². The molecule has 8 N–H and O–H groups in total. The van der Waals surface area contributed by atoms with Crippen molar-refractivity contribution in [2.24, 2.45) is 0 Å². The van der Waals surface area contributed by atoms with Crippen LogP contribution in [0.4, 0.5) is 0 Å². The molecule has 0 bridgehead atoms. The Bertz CT molecular complexity index is 1590. The lowest BCUT2D eigenvalue weighted by atomic mass is 9.98. The number of amides is 1. The van der Waals surface area contributed by atoms with E-state index in [0.29, 0.717) is 19.3 Å². The average Bonchev–Trinajstić information content (AvgIpc) is 3.68. The zero-order valence-electron chi connectivity index (χ0n) is 58.2. The largest absolute Gasteiger partial charge is 0.394 e.